The summed E-state index contributed by atoms with van der Waals surface area (Å²) in [6, 6.07) is 7.01. The van der Waals surface area contributed by atoms with Crippen molar-refractivity contribution in [1.82, 2.24) is 14.9 Å². The Morgan fingerprint density at radius 3 is 2.74 bits per heavy atom. The van der Waals surface area contributed by atoms with Crippen LogP contribution < -0.4 is 10.9 Å². The van der Waals surface area contributed by atoms with Gasteiger partial charge in [-0.25, -0.2) is 4.98 Å². The van der Waals surface area contributed by atoms with Crippen molar-refractivity contribution in [2.45, 2.75) is 40.2 Å². The number of halogens is 1. The van der Waals surface area contributed by atoms with E-state index in [1.54, 1.807) is 31.2 Å². The number of benzene rings is 1. The fourth-order valence-corrected chi connectivity index (χ4v) is 2.98. The van der Waals surface area contributed by atoms with Crippen molar-refractivity contribution in [1.29, 1.82) is 0 Å². The molecule has 0 radical (unpaired) electrons. The predicted molar refractivity (Wildman–Crippen MR) is 107 cm³/mol. The Balaban J connectivity index is 2.44. The van der Waals surface area contributed by atoms with Gasteiger partial charge in [0.25, 0.3) is 5.56 Å². The zero-order chi connectivity index (χ0) is 20.0. The second kappa shape index (κ2) is 9.67. The highest BCUT2D eigenvalue weighted by atomic mass is 35.5. The Bertz CT molecular complexity index is 862. The van der Waals surface area contributed by atoms with E-state index < -0.39 is 0 Å². The van der Waals surface area contributed by atoms with E-state index >= 15 is 0 Å². The molecular formula is C20H26ClN3O3. The highest BCUT2D eigenvalue weighted by Crippen LogP contribution is 2.21. The molecule has 2 N–H and O–H groups in total. The quantitative estimate of drug-likeness (QED) is 0.724. The van der Waals surface area contributed by atoms with Gasteiger partial charge in [0.1, 0.15) is 12.4 Å². The number of hydrogen-bond acceptors (Lipinski definition) is 4. The van der Waals surface area contributed by atoms with Gasteiger partial charge in [0.05, 0.1) is 0 Å². The smallest absolute Gasteiger partial charge is 0.257 e. The number of aromatic nitrogens is 2. The van der Waals surface area contributed by atoms with E-state index in [2.05, 4.69) is 24.1 Å². The molecule has 146 valence electrons. The molecule has 1 heterocycles. The maximum atomic E-state index is 13.0. The van der Waals surface area contributed by atoms with Gasteiger partial charge < -0.3 is 10.4 Å². The first-order valence-corrected chi connectivity index (χ1v) is 9.45. The van der Waals surface area contributed by atoms with Gasteiger partial charge in [0, 0.05) is 41.4 Å². The summed E-state index contributed by atoms with van der Waals surface area (Å²) >= 11 is 6.08. The van der Waals surface area contributed by atoms with Gasteiger partial charge in [0.15, 0.2) is 0 Å². The Labute approximate surface area is 164 Å². The van der Waals surface area contributed by atoms with Crippen LogP contribution >= 0.6 is 11.6 Å². The van der Waals surface area contributed by atoms with Crippen LogP contribution in [0.3, 0.4) is 0 Å². The van der Waals surface area contributed by atoms with Crippen LogP contribution in [0.1, 0.15) is 31.5 Å². The molecule has 27 heavy (non-hydrogen) atoms. The van der Waals surface area contributed by atoms with Crippen molar-refractivity contribution in [2.24, 2.45) is 5.92 Å². The third kappa shape index (κ3) is 5.65. The fraction of sp³-hybridized carbons (Fsp3) is 0.450. The molecule has 0 bridgehead atoms. The van der Waals surface area contributed by atoms with Crippen LogP contribution in [0, 0.1) is 12.8 Å². The molecule has 0 aliphatic carbocycles. The molecule has 2 rings (SSSR count). The molecule has 0 aliphatic heterocycles. The van der Waals surface area contributed by atoms with Crippen LogP contribution in [0.2, 0.25) is 5.02 Å². The number of aliphatic hydroxyl groups is 1. The van der Waals surface area contributed by atoms with Gasteiger partial charge in [-0.3, -0.25) is 14.2 Å². The summed E-state index contributed by atoms with van der Waals surface area (Å²) in [6.07, 6.45) is 1.06. The van der Waals surface area contributed by atoms with E-state index in [0.717, 1.165) is 6.42 Å². The van der Waals surface area contributed by atoms with Crippen LogP contribution in [0.4, 0.5) is 0 Å². The number of nitrogens with one attached hydrogen (secondary N) is 1. The zero-order valence-electron chi connectivity index (χ0n) is 16.0. The van der Waals surface area contributed by atoms with Crippen molar-refractivity contribution in [3.8, 4) is 11.4 Å². The molecule has 0 spiro atoms. The third-order valence-corrected chi connectivity index (χ3v) is 4.49. The molecule has 1 aromatic heterocycles. The van der Waals surface area contributed by atoms with Crippen LogP contribution in [-0.4, -0.2) is 33.7 Å². The first-order chi connectivity index (χ1) is 12.8. The van der Waals surface area contributed by atoms with Crippen molar-refractivity contribution < 1.29 is 9.90 Å². The molecular weight excluding hydrogens is 366 g/mol. The van der Waals surface area contributed by atoms with Crippen molar-refractivity contribution in [3.05, 3.63) is 50.9 Å². The second-order valence-corrected chi connectivity index (χ2v) is 7.34. The molecule has 0 fully saturated rings. The lowest BCUT2D eigenvalue weighted by Crippen LogP contribution is -2.36. The van der Waals surface area contributed by atoms with Crippen molar-refractivity contribution in [2.75, 3.05) is 13.2 Å². The predicted octanol–water partition coefficient (Wildman–Crippen LogP) is 2.57. The Kier molecular flexibility index (Phi) is 7.56. The molecule has 2 aromatic rings. The summed E-state index contributed by atoms with van der Waals surface area (Å²) in [5, 5.41) is 12.6. The molecule has 7 heteroatoms. The van der Waals surface area contributed by atoms with Crippen LogP contribution in [0.15, 0.2) is 29.1 Å². The van der Waals surface area contributed by atoms with E-state index in [-0.39, 0.29) is 31.0 Å². The molecule has 1 amide bonds. The molecule has 6 nitrogen and oxygen atoms in total. The second-order valence-electron chi connectivity index (χ2n) is 6.91. The highest BCUT2D eigenvalue weighted by molar-refractivity contribution is 6.30. The van der Waals surface area contributed by atoms with Gasteiger partial charge >= 0.3 is 0 Å². The molecule has 0 aliphatic rings. The summed E-state index contributed by atoms with van der Waals surface area (Å²) in [6.45, 7) is 6.16. The lowest BCUT2D eigenvalue weighted by Gasteiger charge is -2.16. The van der Waals surface area contributed by atoms with Crippen LogP contribution in [-0.2, 0) is 17.8 Å². The topological polar surface area (TPSA) is 84.2 Å². The Morgan fingerprint density at radius 2 is 2.11 bits per heavy atom. The van der Waals surface area contributed by atoms with Gasteiger partial charge in [-0.2, -0.15) is 0 Å². The molecule has 0 atom stereocenters. The number of carbonyl (C=O) groups excluding carboxylic acids is 1. The molecule has 1 aromatic carbocycles. The van der Waals surface area contributed by atoms with Crippen molar-refractivity contribution >= 4 is 17.5 Å². The van der Waals surface area contributed by atoms with E-state index in [0.29, 0.717) is 40.1 Å². The van der Waals surface area contributed by atoms with Crippen molar-refractivity contribution in [3.63, 3.8) is 0 Å². The first kappa shape index (κ1) is 21.1. The maximum absolute atomic E-state index is 13.0. The number of rotatable bonds is 8. The van der Waals surface area contributed by atoms with E-state index in [1.807, 2.05) is 0 Å². The van der Waals surface area contributed by atoms with E-state index in [4.69, 9.17) is 11.6 Å². The Morgan fingerprint density at radius 1 is 1.37 bits per heavy atom. The Hall–Kier alpha value is -2.18. The average molecular weight is 392 g/mol. The molecule has 0 unspecified atom stereocenters. The largest absolute Gasteiger partial charge is 0.396 e. The number of carbonyl (C=O) groups is 1. The summed E-state index contributed by atoms with van der Waals surface area (Å²) < 4.78 is 1.36. The standard InChI is InChI=1S/C20H26ClN3O3/c1-13(2)7-9-22-18(26)12-24-19(15-5-4-6-16(21)11-15)23-14(3)17(8-10-25)20(24)27/h4-6,11,13,25H,7-10,12H2,1-3H3,(H,22,26). The normalized spacial score (nSPS) is 11.0. The molecule has 0 saturated heterocycles. The third-order valence-electron chi connectivity index (χ3n) is 4.26. The average Bonchev–Trinajstić information content (AvgIpc) is 2.60. The fourth-order valence-electron chi connectivity index (χ4n) is 2.79. The van der Waals surface area contributed by atoms with Gasteiger partial charge in [-0.15, -0.1) is 0 Å². The minimum Gasteiger partial charge on any atom is -0.396 e. The van der Waals surface area contributed by atoms with Crippen LogP contribution in [0.25, 0.3) is 11.4 Å². The maximum Gasteiger partial charge on any atom is 0.257 e. The minimum absolute atomic E-state index is 0.134. The lowest BCUT2D eigenvalue weighted by atomic mass is 10.1. The number of nitrogens with zero attached hydrogens (tertiary/aromatic N) is 2. The number of hydrogen-bond donors (Lipinski definition) is 2. The highest BCUT2D eigenvalue weighted by Gasteiger charge is 2.17. The summed E-state index contributed by atoms with van der Waals surface area (Å²) in [4.78, 5) is 29.9. The summed E-state index contributed by atoms with van der Waals surface area (Å²) in [7, 11) is 0. The minimum atomic E-state index is -0.314. The van der Waals surface area contributed by atoms with Gasteiger partial charge in [-0.1, -0.05) is 37.6 Å². The van der Waals surface area contributed by atoms with E-state index in [9.17, 15) is 14.7 Å². The van der Waals surface area contributed by atoms with Gasteiger partial charge in [0.2, 0.25) is 5.91 Å². The van der Waals surface area contributed by atoms with Crippen LogP contribution in [0.5, 0.6) is 0 Å². The molecule has 0 saturated carbocycles. The lowest BCUT2D eigenvalue weighted by molar-refractivity contribution is -0.121. The first-order valence-electron chi connectivity index (χ1n) is 9.07. The number of aryl methyl sites for hydroxylation is 1. The van der Waals surface area contributed by atoms with Gasteiger partial charge in [-0.05, 0) is 31.4 Å². The SMILES string of the molecule is Cc1nc(-c2cccc(Cl)c2)n(CC(=O)NCCC(C)C)c(=O)c1CCO. The summed E-state index contributed by atoms with van der Waals surface area (Å²) in [5.74, 6) is 0.620. The van der Waals surface area contributed by atoms with E-state index in [1.165, 1.54) is 4.57 Å². The zero-order valence-corrected chi connectivity index (χ0v) is 16.7. The number of aliphatic hydroxyl groups excluding tert-OH is 1. The summed E-state index contributed by atoms with van der Waals surface area (Å²) in [5.41, 5.74) is 1.30. The monoisotopic (exact) mass is 391 g/mol. The number of amides is 1.